The van der Waals surface area contributed by atoms with Crippen LogP contribution in [-0.4, -0.2) is 57.9 Å². The first kappa shape index (κ1) is 20.9. The van der Waals surface area contributed by atoms with E-state index in [0.29, 0.717) is 18.5 Å². The van der Waals surface area contributed by atoms with Crippen molar-refractivity contribution in [3.8, 4) is 0 Å². The molecule has 0 bridgehead atoms. The van der Waals surface area contributed by atoms with E-state index >= 15 is 0 Å². The maximum atomic E-state index is 11.0. The van der Waals surface area contributed by atoms with Crippen LogP contribution in [0.3, 0.4) is 0 Å². The number of hydrogen-bond donors (Lipinski definition) is 3. The van der Waals surface area contributed by atoms with Crippen LogP contribution < -0.4 is 0 Å². The Kier molecular flexibility index (Phi) is 8.05. The Bertz CT molecular complexity index is 414. The SMILES string of the molecule is Cl.O=C(O)CCP1(CCC(=O)O)(CCC(=O)O)C=CCCC1. The monoisotopic (exact) mass is 354 g/mol. The molecule has 0 aromatic carbocycles. The van der Waals surface area contributed by atoms with Gasteiger partial charge in [0.25, 0.3) is 0 Å². The van der Waals surface area contributed by atoms with Gasteiger partial charge >= 0.3 is 123 Å². The summed E-state index contributed by atoms with van der Waals surface area (Å²) in [5.41, 5.74) is 0. The molecule has 0 aromatic heterocycles. The van der Waals surface area contributed by atoms with E-state index < -0.39 is 24.5 Å². The van der Waals surface area contributed by atoms with Crippen LogP contribution in [0.2, 0.25) is 0 Å². The number of hydrogen-bond acceptors (Lipinski definition) is 3. The molecule has 0 unspecified atom stereocenters. The second-order valence-corrected chi connectivity index (χ2v) is 12.2. The van der Waals surface area contributed by atoms with E-state index in [1.807, 2.05) is 11.9 Å². The standard InChI is InChI=1S/C14H23O6P.ClH/c15-12(16)4-9-21(10-5-13(17)18,11-6-14(19)20)7-2-1-3-8-21;/h2,7H,1,3-6,8-11H2,(H,15,16)(H,17,18)(H,19,20);1H. The van der Waals surface area contributed by atoms with Gasteiger partial charge in [-0.3, -0.25) is 0 Å². The van der Waals surface area contributed by atoms with Gasteiger partial charge < -0.3 is 0 Å². The van der Waals surface area contributed by atoms with Crippen LogP contribution in [0.25, 0.3) is 0 Å². The average Bonchev–Trinajstić information content (AvgIpc) is 2.43. The third-order valence-electron chi connectivity index (χ3n) is 4.45. The second-order valence-electron chi connectivity index (χ2n) is 5.92. The Labute approximate surface area is 135 Å². The maximum absolute atomic E-state index is 11.0. The van der Waals surface area contributed by atoms with Gasteiger partial charge in [0.05, 0.1) is 0 Å². The van der Waals surface area contributed by atoms with Gasteiger partial charge in [0.15, 0.2) is 0 Å². The molecule has 128 valence electrons. The summed E-state index contributed by atoms with van der Waals surface area (Å²) >= 11 is 0. The molecule has 8 heteroatoms. The molecular weight excluding hydrogens is 331 g/mol. The molecule has 1 heterocycles. The molecule has 0 fully saturated rings. The molecule has 1 aliphatic heterocycles. The summed E-state index contributed by atoms with van der Waals surface area (Å²) in [5.74, 6) is -0.708. The molecule has 0 saturated heterocycles. The van der Waals surface area contributed by atoms with Gasteiger partial charge in [-0.2, -0.15) is 0 Å². The summed E-state index contributed by atoms with van der Waals surface area (Å²) in [4.78, 5) is 32.9. The molecule has 0 aromatic rings. The van der Waals surface area contributed by atoms with Gasteiger partial charge in [-0.05, 0) is 0 Å². The summed E-state index contributed by atoms with van der Waals surface area (Å²) in [6.45, 7) is -2.73. The minimum atomic E-state index is -2.73. The third-order valence-corrected chi connectivity index (χ3v) is 11.3. The minimum absolute atomic E-state index is 0. The van der Waals surface area contributed by atoms with Crippen LogP contribution >= 0.6 is 19.0 Å². The summed E-state index contributed by atoms with van der Waals surface area (Å²) in [7, 11) is 0. The molecule has 0 amide bonds. The first-order chi connectivity index (χ1) is 9.77. The van der Waals surface area contributed by atoms with Crippen LogP contribution in [0.1, 0.15) is 32.1 Å². The molecule has 0 saturated carbocycles. The predicted octanol–water partition coefficient (Wildman–Crippen LogP) is 2.69. The van der Waals surface area contributed by atoms with Gasteiger partial charge in [-0.1, -0.05) is 0 Å². The van der Waals surface area contributed by atoms with E-state index in [9.17, 15) is 14.4 Å². The van der Waals surface area contributed by atoms with Gasteiger partial charge in [0, 0.05) is 0 Å². The van der Waals surface area contributed by atoms with Crippen molar-refractivity contribution in [2.24, 2.45) is 0 Å². The fourth-order valence-electron chi connectivity index (χ4n) is 3.17. The first-order valence-electron chi connectivity index (χ1n) is 7.11. The molecule has 0 spiro atoms. The van der Waals surface area contributed by atoms with E-state index in [0.717, 1.165) is 19.0 Å². The Morgan fingerprint density at radius 3 is 1.55 bits per heavy atom. The zero-order valence-corrected chi connectivity index (χ0v) is 14.2. The average molecular weight is 355 g/mol. The second kappa shape index (κ2) is 8.49. The molecule has 3 N–H and O–H groups in total. The number of carboxylic acids is 3. The van der Waals surface area contributed by atoms with Crippen molar-refractivity contribution in [1.29, 1.82) is 0 Å². The Morgan fingerprint density at radius 1 is 0.864 bits per heavy atom. The number of aliphatic carboxylic acids is 3. The normalized spacial score (nSPS) is 20.1. The first-order valence-corrected chi connectivity index (χ1v) is 10.2. The Balaban J connectivity index is 0.00000441. The zero-order chi connectivity index (χ0) is 16.0. The van der Waals surface area contributed by atoms with Gasteiger partial charge in [0.1, 0.15) is 0 Å². The van der Waals surface area contributed by atoms with E-state index in [1.54, 1.807) is 0 Å². The fourth-order valence-corrected chi connectivity index (χ4v) is 9.27. The summed E-state index contributed by atoms with van der Waals surface area (Å²) in [6.07, 6.45) is 5.71. The van der Waals surface area contributed by atoms with Crippen molar-refractivity contribution in [2.75, 3.05) is 24.6 Å². The molecule has 0 atom stereocenters. The van der Waals surface area contributed by atoms with Crippen LogP contribution in [0.5, 0.6) is 0 Å². The van der Waals surface area contributed by atoms with Gasteiger partial charge in [-0.15, -0.1) is 12.4 Å². The fraction of sp³-hybridized carbons (Fsp3) is 0.643. The summed E-state index contributed by atoms with van der Waals surface area (Å²) in [5, 5.41) is 27.0. The number of rotatable bonds is 9. The summed E-state index contributed by atoms with van der Waals surface area (Å²) in [6, 6.07) is 0. The molecular formula is C14H24ClO6P. The van der Waals surface area contributed by atoms with Crippen molar-refractivity contribution >= 4 is 36.9 Å². The van der Waals surface area contributed by atoms with E-state index in [-0.39, 0.29) is 31.7 Å². The van der Waals surface area contributed by atoms with E-state index in [1.165, 1.54) is 0 Å². The molecule has 1 aliphatic rings. The quantitative estimate of drug-likeness (QED) is 0.549. The zero-order valence-electron chi connectivity index (χ0n) is 12.4. The van der Waals surface area contributed by atoms with Crippen LogP contribution in [0.4, 0.5) is 0 Å². The molecule has 1 rings (SSSR count). The van der Waals surface area contributed by atoms with E-state index in [4.69, 9.17) is 15.3 Å². The van der Waals surface area contributed by atoms with Crippen molar-refractivity contribution in [3.63, 3.8) is 0 Å². The number of carbonyl (C=O) groups is 3. The number of halogens is 1. The molecule has 0 aliphatic carbocycles. The number of allylic oxidation sites excluding steroid dienone is 1. The predicted molar refractivity (Wildman–Crippen MR) is 88.8 cm³/mol. The molecule has 0 radical (unpaired) electrons. The van der Waals surface area contributed by atoms with Crippen LogP contribution in [0.15, 0.2) is 11.9 Å². The Morgan fingerprint density at radius 2 is 1.27 bits per heavy atom. The van der Waals surface area contributed by atoms with Crippen molar-refractivity contribution in [1.82, 2.24) is 0 Å². The summed E-state index contributed by atoms with van der Waals surface area (Å²) < 4.78 is 0. The van der Waals surface area contributed by atoms with Crippen molar-refractivity contribution < 1.29 is 29.7 Å². The molecule has 6 nitrogen and oxygen atoms in total. The van der Waals surface area contributed by atoms with Crippen molar-refractivity contribution in [2.45, 2.75) is 32.1 Å². The van der Waals surface area contributed by atoms with E-state index in [2.05, 4.69) is 0 Å². The van der Waals surface area contributed by atoms with Crippen LogP contribution in [0, 0.1) is 0 Å². The Hall–Kier alpha value is -1.13. The third kappa shape index (κ3) is 5.93. The number of carboxylic acid groups (broad SMARTS) is 3. The molecule has 22 heavy (non-hydrogen) atoms. The van der Waals surface area contributed by atoms with Gasteiger partial charge in [-0.25, -0.2) is 0 Å². The van der Waals surface area contributed by atoms with Gasteiger partial charge in [0.2, 0.25) is 0 Å². The van der Waals surface area contributed by atoms with Crippen molar-refractivity contribution in [3.05, 3.63) is 11.9 Å². The van der Waals surface area contributed by atoms with Crippen LogP contribution in [-0.2, 0) is 14.4 Å². The topological polar surface area (TPSA) is 112 Å².